The molecule has 0 aliphatic heterocycles. The molecule has 3 nitrogen and oxygen atoms in total. The molecule has 11 heavy (non-hydrogen) atoms. The lowest BCUT2D eigenvalue weighted by atomic mass is 10.3. The highest BCUT2D eigenvalue weighted by molar-refractivity contribution is 6.29. The SMILES string of the molecule is CN=C(N)c1ccc(Cl)nc1. The molecule has 0 bridgehead atoms. The summed E-state index contributed by atoms with van der Waals surface area (Å²) in [4.78, 5) is 7.65. The first-order valence-corrected chi connectivity index (χ1v) is 3.46. The van der Waals surface area contributed by atoms with Gasteiger partial charge >= 0.3 is 0 Å². The van der Waals surface area contributed by atoms with Gasteiger partial charge in [-0.3, -0.25) is 4.99 Å². The van der Waals surface area contributed by atoms with Gasteiger partial charge in [-0.25, -0.2) is 4.98 Å². The van der Waals surface area contributed by atoms with Crippen molar-refractivity contribution in [2.24, 2.45) is 10.7 Å². The van der Waals surface area contributed by atoms with Gasteiger partial charge in [0.25, 0.3) is 0 Å². The van der Waals surface area contributed by atoms with Crippen LogP contribution in [0.1, 0.15) is 5.56 Å². The maximum atomic E-state index is 5.57. The maximum Gasteiger partial charge on any atom is 0.129 e. The molecule has 2 N–H and O–H groups in total. The molecule has 0 amide bonds. The lowest BCUT2D eigenvalue weighted by molar-refractivity contribution is 1.29. The predicted octanol–water partition coefficient (Wildman–Crippen LogP) is 1.07. The number of amidine groups is 1. The summed E-state index contributed by atoms with van der Waals surface area (Å²) in [6.07, 6.45) is 1.59. The zero-order chi connectivity index (χ0) is 8.27. The van der Waals surface area contributed by atoms with Crippen molar-refractivity contribution in [1.29, 1.82) is 0 Å². The average molecular weight is 170 g/mol. The van der Waals surface area contributed by atoms with Crippen molar-refractivity contribution in [1.82, 2.24) is 4.98 Å². The standard InChI is InChI=1S/C7H8ClN3/c1-10-7(9)5-2-3-6(8)11-4-5/h2-4H,1H3,(H2,9,10). The molecule has 0 saturated heterocycles. The maximum absolute atomic E-state index is 5.57. The highest BCUT2D eigenvalue weighted by Gasteiger charge is 1.95. The number of hydrogen-bond acceptors (Lipinski definition) is 2. The third-order valence-corrected chi connectivity index (χ3v) is 1.49. The third-order valence-electron chi connectivity index (χ3n) is 1.26. The van der Waals surface area contributed by atoms with E-state index >= 15 is 0 Å². The largest absolute Gasteiger partial charge is 0.383 e. The number of nitrogens with zero attached hydrogens (tertiary/aromatic N) is 2. The molecule has 0 aliphatic carbocycles. The molecule has 58 valence electrons. The molecule has 4 heteroatoms. The first-order valence-electron chi connectivity index (χ1n) is 3.08. The minimum absolute atomic E-state index is 0.456. The Labute approximate surface area is 69.9 Å². The number of rotatable bonds is 1. The number of pyridine rings is 1. The van der Waals surface area contributed by atoms with Crippen molar-refractivity contribution in [3.05, 3.63) is 29.0 Å². The number of halogens is 1. The van der Waals surface area contributed by atoms with Gasteiger partial charge in [0.1, 0.15) is 11.0 Å². The Bertz CT molecular complexity index is 266. The Hall–Kier alpha value is -1.09. The van der Waals surface area contributed by atoms with Crippen molar-refractivity contribution in [3.63, 3.8) is 0 Å². The van der Waals surface area contributed by atoms with Gasteiger partial charge in [-0.15, -0.1) is 0 Å². The van der Waals surface area contributed by atoms with Crippen molar-refractivity contribution in [2.75, 3.05) is 7.05 Å². The molecular weight excluding hydrogens is 162 g/mol. The van der Waals surface area contributed by atoms with Crippen LogP contribution in [0.15, 0.2) is 23.3 Å². The average Bonchev–Trinajstić information content (AvgIpc) is 2.05. The van der Waals surface area contributed by atoms with Crippen LogP contribution < -0.4 is 5.73 Å². The summed E-state index contributed by atoms with van der Waals surface area (Å²) < 4.78 is 0. The van der Waals surface area contributed by atoms with Crippen LogP contribution in [-0.2, 0) is 0 Å². The van der Waals surface area contributed by atoms with Crippen LogP contribution in [0, 0.1) is 0 Å². The fourth-order valence-electron chi connectivity index (χ4n) is 0.656. The van der Waals surface area contributed by atoms with Crippen molar-refractivity contribution in [3.8, 4) is 0 Å². The predicted molar refractivity (Wildman–Crippen MR) is 45.9 cm³/mol. The van der Waals surface area contributed by atoms with E-state index in [0.717, 1.165) is 5.56 Å². The summed E-state index contributed by atoms with van der Waals surface area (Å²) in [6, 6.07) is 3.45. The Kier molecular flexibility index (Phi) is 2.44. The summed E-state index contributed by atoms with van der Waals surface area (Å²) in [6.45, 7) is 0. The molecule has 0 fully saturated rings. The van der Waals surface area contributed by atoms with E-state index < -0.39 is 0 Å². The van der Waals surface area contributed by atoms with Gasteiger partial charge in [-0.05, 0) is 12.1 Å². The van der Waals surface area contributed by atoms with Crippen LogP contribution in [0.2, 0.25) is 5.15 Å². The Morgan fingerprint density at radius 3 is 2.82 bits per heavy atom. The van der Waals surface area contributed by atoms with Gasteiger partial charge < -0.3 is 5.73 Å². The monoisotopic (exact) mass is 169 g/mol. The van der Waals surface area contributed by atoms with E-state index in [1.807, 2.05) is 0 Å². The lowest BCUT2D eigenvalue weighted by Gasteiger charge is -1.97. The molecule has 0 aliphatic rings. The van der Waals surface area contributed by atoms with E-state index in [1.165, 1.54) is 0 Å². The molecule has 0 spiro atoms. The van der Waals surface area contributed by atoms with Crippen LogP contribution in [0.25, 0.3) is 0 Å². The van der Waals surface area contributed by atoms with Crippen LogP contribution in [0.5, 0.6) is 0 Å². The highest BCUT2D eigenvalue weighted by atomic mass is 35.5. The van der Waals surface area contributed by atoms with E-state index in [2.05, 4.69) is 9.98 Å². The first kappa shape index (κ1) is 8.01. The van der Waals surface area contributed by atoms with Crippen molar-refractivity contribution >= 4 is 17.4 Å². The quantitative estimate of drug-likeness (QED) is 0.389. The minimum Gasteiger partial charge on any atom is -0.383 e. The van der Waals surface area contributed by atoms with E-state index in [9.17, 15) is 0 Å². The topological polar surface area (TPSA) is 51.3 Å². The Morgan fingerprint density at radius 2 is 2.36 bits per heavy atom. The first-order chi connectivity index (χ1) is 5.24. The van der Waals surface area contributed by atoms with Gasteiger partial charge in [0.15, 0.2) is 0 Å². The summed E-state index contributed by atoms with van der Waals surface area (Å²) >= 11 is 5.57. The fraction of sp³-hybridized carbons (Fsp3) is 0.143. The summed E-state index contributed by atoms with van der Waals surface area (Å²) in [5, 5.41) is 0.456. The molecule has 0 saturated carbocycles. The summed E-state index contributed by atoms with van der Waals surface area (Å²) in [5.41, 5.74) is 6.30. The van der Waals surface area contributed by atoms with E-state index in [4.69, 9.17) is 17.3 Å². The van der Waals surface area contributed by atoms with E-state index in [1.54, 1.807) is 25.4 Å². The zero-order valence-corrected chi connectivity index (χ0v) is 6.84. The molecule has 0 radical (unpaired) electrons. The molecule has 0 unspecified atom stereocenters. The number of hydrogen-bond donors (Lipinski definition) is 1. The molecule has 1 heterocycles. The van der Waals surface area contributed by atoms with Crippen LogP contribution in [0.3, 0.4) is 0 Å². The second-order valence-corrected chi connectivity index (χ2v) is 2.37. The number of aromatic nitrogens is 1. The highest BCUT2D eigenvalue weighted by Crippen LogP contribution is 2.04. The molecule has 1 rings (SSSR count). The third kappa shape index (κ3) is 1.91. The van der Waals surface area contributed by atoms with Crippen molar-refractivity contribution < 1.29 is 0 Å². The minimum atomic E-state index is 0.456. The van der Waals surface area contributed by atoms with Gasteiger partial charge in [0, 0.05) is 18.8 Å². The Balaban J connectivity index is 2.99. The van der Waals surface area contributed by atoms with E-state index in [-0.39, 0.29) is 0 Å². The second-order valence-electron chi connectivity index (χ2n) is 1.98. The van der Waals surface area contributed by atoms with Crippen LogP contribution in [-0.4, -0.2) is 17.9 Å². The fourth-order valence-corrected chi connectivity index (χ4v) is 0.768. The van der Waals surface area contributed by atoms with Gasteiger partial charge in [-0.1, -0.05) is 11.6 Å². The van der Waals surface area contributed by atoms with Crippen LogP contribution in [0.4, 0.5) is 0 Å². The smallest absolute Gasteiger partial charge is 0.129 e. The molecule has 0 aromatic carbocycles. The lowest BCUT2D eigenvalue weighted by Crippen LogP contribution is -2.12. The van der Waals surface area contributed by atoms with Gasteiger partial charge in [-0.2, -0.15) is 0 Å². The summed E-state index contributed by atoms with van der Waals surface area (Å²) in [7, 11) is 1.63. The number of nitrogens with two attached hydrogens (primary N) is 1. The van der Waals surface area contributed by atoms with Gasteiger partial charge in [0.05, 0.1) is 0 Å². The molecule has 1 aromatic heterocycles. The number of aliphatic imine (C=N–C) groups is 1. The van der Waals surface area contributed by atoms with Gasteiger partial charge in [0.2, 0.25) is 0 Å². The normalized spacial score (nSPS) is 11.6. The molecular formula is C7H8ClN3. The molecule has 0 atom stereocenters. The summed E-state index contributed by atoms with van der Waals surface area (Å²) in [5.74, 6) is 0.467. The second kappa shape index (κ2) is 3.34. The molecule has 1 aromatic rings. The Morgan fingerprint density at radius 1 is 1.64 bits per heavy atom. The van der Waals surface area contributed by atoms with Crippen LogP contribution >= 0.6 is 11.6 Å². The zero-order valence-electron chi connectivity index (χ0n) is 6.08. The van der Waals surface area contributed by atoms with E-state index in [0.29, 0.717) is 11.0 Å². The van der Waals surface area contributed by atoms with Crippen molar-refractivity contribution in [2.45, 2.75) is 0 Å².